The van der Waals surface area contributed by atoms with Gasteiger partial charge in [0.25, 0.3) is 0 Å². The van der Waals surface area contributed by atoms with Crippen molar-refractivity contribution in [2.45, 2.75) is 6.42 Å². The van der Waals surface area contributed by atoms with E-state index >= 15 is 0 Å². The third kappa shape index (κ3) is 2.16. The maximum absolute atomic E-state index is 13.4. The fourth-order valence-electron chi connectivity index (χ4n) is 2.38. The zero-order valence-electron chi connectivity index (χ0n) is 10.3. The third-order valence-electron chi connectivity index (χ3n) is 3.26. The Balaban J connectivity index is 2.13. The van der Waals surface area contributed by atoms with Crippen LogP contribution < -0.4 is 4.90 Å². The molecule has 1 aromatic carbocycles. The van der Waals surface area contributed by atoms with Crippen molar-refractivity contribution in [2.75, 3.05) is 11.4 Å². The van der Waals surface area contributed by atoms with Gasteiger partial charge >= 0.3 is 5.97 Å². The normalized spacial score (nSPS) is 13.4. The molecule has 102 valence electrons. The minimum Gasteiger partial charge on any atom is -0.478 e. The van der Waals surface area contributed by atoms with Gasteiger partial charge in [0.1, 0.15) is 17.2 Å². The molecule has 0 amide bonds. The van der Waals surface area contributed by atoms with Crippen LogP contribution in [0.2, 0.25) is 0 Å². The average Bonchev–Trinajstić information content (AvgIpc) is 2.81. The summed E-state index contributed by atoms with van der Waals surface area (Å²) < 4.78 is 14.0. The molecule has 0 saturated heterocycles. The molecule has 1 aliphatic heterocycles. The Hall–Kier alpha value is -1.95. The van der Waals surface area contributed by atoms with Crippen LogP contribution in [0.4, 0.5) is 15.9 Å². The van der Waals surface area contributed by atoms with Crippen LogP contribution >= 0.6 is 15.9 Å². The van der Waals surface area contributed by atoms with E-state index in [4.69, 9.17) is 0 Å². The van der Waals surface area contributed by atoms with E-state index in [0.717, 1.165) is 12.0 Å². The smallest absolute Gasteiger partial charge is 0.339 e. The predicted octanol–water partition coefficient (Wildman–Crippen LogP) is 3.38. The van der Waals surface area contributed by atoms with Gasteiger partial charge in [0.15, 0.2) is 0 Å². The highest BCUT2D eigenvalue weighted by Crippen LogP contribution is 2.36. The lowest BCUT2D eigenvalue weighted by atomic mass is 10.1. The molecule has 3 rings (SSSR count). The van der Waals surface area contributed by atoms with Gasteiger partial charge in [-0.05, 0) is 46.1 Å². The van der Waals surface area contributed by atoms with Crippen molar-refractivity contribution in [3.05, 3.63) is 51.9 Å². The number of aromatic carboxylic acids is 1. The molecule has 0 radical (unpaired) electrons. The van der Waals surface area contributed by atoms with Crippen LogP contribution in [0.15, 0.2) is 34.9 Å². The van der Waals surface area contributed by atoms with Gasteiger partial charge in [0.2, 0.25) is 0 Å². The van der Waals surface area contributed by atoms with Gasteiger partial charge in [-0.1, -0.05) is 6.07 Å². The van der Waals surface area contributed by atoms with Crippen LogP contribution in [-0.4, -0.2) is 22.6 Å². The average molecular weight is 337 g/mol. The SMILES string of the molecule is O=C(O)c1cc(Br)cnc1N1CCc2ccc(F)cc21. The van der Waals surface area contributed by atoms with Gasteiger partial charge in [-0.15, -0.1) is 0 Å². The van der Waals surface area contributed by atoms with Gasteiger partial charge in [0.05, 0.1) is 0 Å². The lowest BCUT2D eigenvalue weighted by Crippen LogP contribution is -2.18. The Morgan fingerprint density at radius 1 is 1.40 bits per heavy atom. The van der Waals surface area contributed by atoms with E-state index in [9.17, 15) is 14.3 Å². The first-order chi connectivity index (χ1) is 9.56. The molecule has 1 aliphatic rings. The number of rotatable bonds is 2. The fourth-order valence-corrected chi connectivity index (χ4v) is 2.71. The zero-order chi connectivity index (χ0) is 14.3. The summed E-state index contributed by atoms with van der Waals surface area (Å²) in [5.74, 6) is -1.06. The minimum absolute atomic E-state index is 0.0940. The Labute approximate surface area is 123 Å². The molecule has 0 spiro atoms. The van der Waals surface area contributed by atoms with E-state index in [0.29, 0.717) is 22.5 Å². The highest BCUT2D eigenvalue weighted by molar-refractivity contribution is 9.10. The summed E-state index contributed by atoms with van der Waals surface area (Å²) in [6.45, 7) is 0.591. The Morgan fingerprint density at radius 3 is 2.95 bits per heavy atom. The van der Waals surface area contributed by atoms with Crippen molar-refractivity contribution in [2.24, 2.45) is 0 Å². The van der Waals surface area contributed by atoms with Crippen LogP contribution in [0, 0.1) is 5.82 Å². The third-order valence-corrected chi connectivity index (χ3v) is 3.70. The highest BCUT2D eigenvalue weighted by Gasteiger charge is 2.26. The molecule has 0 bridgehead atoms. The quantitative estimate of drug-likeness (QED) is 0.913. The van der Waals surface area contributed by atoms with E-state index in [1.165, 1.54) is 18.2 Å². The Kier molecular flexibility index (Phi) is 3.17. The molecule has 1 aromatic heterocycles. The van der Waals surface area contributed by atoms with Crippen molar-refractivity contribution in [1.82, 2.24) is 4.98 Å². The fraction of sp³-hybridized carbons (Fsp3) is 0.143. The molecule has 0 unspecified atom stereocenters. The number of benzene rings is 1. The molecule has 0 saturated carbocycles. The maximum Gasteiger partial charge on any atom is 0.339 e. The second-order valence-corrected chi connectivity index (χ2v) is 5.42. The number of aromatic nitrogens is 1. The number of pyridine rings is 1. The van der Waals surface area contributed by atoms with E-state index in [1.807, 2.05) is 0 Å². The first-order valence-electron chi connectivity index (χ1n) is 6.01. The van der Waals surface area contributed by atoms with Gasteiger partial charge in [-0.2, -0.15) is 0 Å². The van der Waals surface area contributed by atoms with Crippen LogP contribution in [-0.2, 0) is 6.42 Å². The Morgan fingerprint density at radius 2 is 2.20 bits per heavy atom. The van der Waals surface area contributed by atoms with Crippen LogP contribution in [0.5, 0.6) is 0 Å². The lowest BCUT2D eigenvalue weighted by Gasteiger charge is -2.20. The number of fused-ring (bicyclic) bond motifs is 1. The molecule has 2 heterocycles. The minimum atomic E-state index is -1.06. The molecular formula is C14H10BrFN2O2. The number of hydrogen-bond acceptors (Lipinski definition) is 3. The number of carboxylic acid groups (broad SMARTS) is 1. The predicted molar refractivity (Wildman–Crippen MR) is 76.0 cm³/mol. The number of halogens is 2. The summed E-state index contributed by atoms with van der Waals surface area (Å²) in [6.07, 6.45) is 2.28. The summed E-state index contributed by atoms with van der Waals surface area (Å²) in [6, 6.07) is 6.05. The molecule has 6 heteroatoms. The highest BCUT2D eigenvalue weighted by atomic mass is 79.9. The van der Waals surface area contributed by atoms with E-state index < -0.39 is 5.97 Å². The standard InChI is InChI=1S/C14H10BrFN2O2/c15-9-5-11(14(19)20)13(17-7-9)18-4-3-8-1-2-10(16)6-12(8)18/h1-2,5-7H,3-4H2,(H,19,20). The van der Waals surface area contributed by atoms with Gasteiger partial charge in [-0.25, -0.2) is 14.2 Å². The van der Waals surface area contributed by atoms with Crippen LogP contribution in [0.1, 0.15) is 15.9 Å². The zero-order valence-corrected chi connectivity index (χ0v) is 11.9. The molecule has 20 heavy (non-hydrogen) atoms. The number of carbonyl (C=O) groups is 1. The second-order valence-electron chi connectivity index (χ2n) is 4.50. The number of hydrogen-bond donors (Lipinski definition) is 1. The van der Waals surface area contributed by atoms with Crippen LogP contribution in [0.3, 0.4) is 0 Å². The van der Waals surface area contributed by atoms with Crippen molar-refractivity contribution in [3.8, 4) is 0 Å². The topological polar surface area (TPSA) is 53.4 Å². The van der Waals surface area contributed by atoms with E-state index in [1.54, 1.807) is 17.2 Å². The van der Waals surface area contributed by atoms with Crippen molar-refractivity contribution >= 4 is 33.4 Å². The van der Waals surface area contributed by atoms with Gasteiger partial charge in [0, 0.05) is 22.9 Å². The van der Waals surface area contributed by atoms with E-state index in [2.05, 4.69) is 20.9 Å². The molecule has 2 aromatic rings. The van der Waals surface area contributed by atoms with Crippen molar-refractivity contribution < 1.29 is 14.3 Å². The number of anilines is 2. The second kappa shape index (κ2) is 4.86. The molecule has 0 aliphatic carbocycles. The van der Waals surface area contributed by atoms with Gasteiger partial charge in [-0.3, -0.25) is 0 Å². The first-order valence-corrected chi connectivity index (χ1v) is 6.80. The van der Waals surface area contributed by atoms with Crippen molar-refractivity contribution in [3.63, 3.8) is 0 Å². The summed E-state index contributed by atoms with van der Waals surface area (Å²) in [4.78, 5) is 17.3. The summed E-state index contributed by atoms with van der Waals surface area (Å²) in [5, 5.41) is 9.29. The van der Waals surface area contributed by atoms with E-state index in [-0.39, 0.29) is 11.4 Å². The summed E-state index contributed by atoms with van der Waals surface area (Å²) in [7, 11) is 0. The molecule has 0 atom stereocenters. The lowest BCUT2D eigenvalue weighted by molar-refractivity contribution is 0.0697. The van der Waals surface area contributed by atoms with Crippen LogP contribution in [0.25, 0.3) is 0 Å². The molecule has 4 nitrogen and oxygen atoms in total. The summed E-state index contributed by atoms with van der Waals surface area (Å²) >= 11 is 3.21. The first kappa shape index (κ1) is 13.1. The number of nitrogens with zero attached hydrogens (tertiary/aromatic N) is 2. The largest absolute Gasteiger partial charge is 0.478 e. The maximum atomic E-state index is 13.4. The molecular weight excluding hydrogens is 327 g/mol. The number of carboxylic acids is 1. The molecule has 1 N–H and O–H groups in total. The molecule has 0 fully saturated rings. The monoisotopic (exact) mass is 336 g/mol. The van der Waals surface area contributed by atoms with Gasteiger partial charge < -0.3 is 10.0 Å². The Bertz CT molecular complexity index is 706. The summed E-state index contributed by atoms with van der Waals surface area (Å²) in [5.41, 5.74) is 1.77. The van der Waals surface area contributed by atoms with Crippen molar-refractivity contribution in [1.29, 1.82) is 0 Å².